The quantitative estimate of drug-likeness (QED) is 0.318. The molecular weight excluding hydrogens is 476 g/mol. The zero-order valence-electron chi connectivity index (χ0n) is 20.3. The van der Waals surface area contributed by atoms with Gasteiger partial charge in [-0.05, 0) is 60.9 Å². The third-order valence-electron chi connectivity index (χ3n) is 6.09. The first kappa shape index (κ1) is 25.4. The maximum atomic E-state index is 12.7. The molecule has 1 aliphatic heterocycles. The maximum absolute atomic E-state index is 12.7. The number of nitrogen functional groups attached to an aromatic ring is 1. The SMILES string of the molecule is C=CC(=O)N1CCCC(O)(c2ccc(NC(=O)n3nc(Nc4ccc(C(=O)NC)cc4)nc3N)cc2)C1. The predicted molar refractivity (Wildman–Crippen MR) is 138 cm³/mol. The number of amides is 3. The molecule has 1 fully saturated rings. The van der Waals surface area contributed by atoms with Crippen molar-refractivity contribution in [1.29, 1.82) is 0 Å². The number of β-amino-alcohol motifs (C(OH)–C–C–N with tert-alkyl or cyclic N) is 1. The first-order chi connectivity index (χ1) is 17.7. The molecule has 2 heterocycles. The average molecular weight is 505 g/mol. The molecule has 3 aromatic rings. The third-order valence-corrected chi connectivity index (χ3v) is 6.09. The molecule has 1 aromatic heterocycles. The fourth-order valence-corrected chi connectivity index (χ4v) is 4.13. The molecule has 0 saturated carbocycles. The molecule has 0 spiro atoms. The van der Waals surface area contributed by atoms with Crippen LogP contribution >= 0.6 is 0 Å². The Balaban J connectivity index is 1.41. The Kier molecular flexibility index (Phi) is 7.20. The van der Waals surface area contributed by atoms with Gasteiger partial charge in [-0.15, -0.1) is 9.78 Å². The summed E-state index contributed by atoms with van der Waals surface area (Å²) in [5.74, 6) is -0.446. The smallest absolute Gasteiger partial charge is 0.349 e. The predicted octanol–water partition coefficient (Wildman–Crippen LogP) is 2.04. The molecule has 3 amide bonds. The Hall–Kier alpha value is -4.71. The van der Waals surface area contributed by atoms with Gasteiger partial charge < -0.3 is 31.7 Å². The number of nitrogens with one attached hydrogen (secondary N) is 3. The Morgan fingerprint density at radius 1 is 1.11 bits per heavy atom. The molecule has 0 radical (unpaired) electrons. The highest BCUT2D eigenvalue weighted by Gasteiger charge is 2.36. The highest BCUT2D eigenvalue weighted by atomic mass is 16.3. The zero-order valence-corrected chi connectivity index (χ0v) is 20.3. The Morgan fingerprint density at radius 3 is 2.43 bits per heavy atom. The van der Waals surface area contributed by atoms with Crippen LogP contribution in [0.3, 0.4) is 0 Å². The zero-order chi connectivity index (χ0) is 26.6. The molecule has 4 rings (SSSR count). The van der Waals surface area contributed by atoms with Gasteiger partial charge in [0.1, 0.15) is 5.60 Å². The van der Waals surface area contributed by atoms with Gasteiger partial charge in [0.25, 0.3) is 5.91 Å². The van der Waals surface area contributed by atoms with E-state index in [1.54, 1.807) is 60.5 Å². The van der Waals surface area contributed by atoms with Crippen LogP contribution in [0.25, 0.3) is 0 Å². The lowest BCUT2D eigenvalue weighted by Crippen LogP contribution is -2.48. The number of piperidine rings is 1. The topological polar surface area (TPSA) is 168 Å². The lowest BCUT2D eigenvalue weighted by molar-refractivity contribution is -0.133. The molecule has 0 aliphatic carbocycles. The van der Waals surface area contributed by atoms with Crippen LogP contribution in [0.1, 0.15) is 28.8 Å². The number of likely N-dealkylation sites (tertiary alicyclic amines) is 1. The number of nitrogens with zero attached hydrogens (tertiary/aromatic N) is 4. The second kappa shape index (κ2) is 10.5. The van der Waals surface area contributed by atoms with Gasteiger partial charge in [0.2, 0.25) is 17.8 Å². The van der Waals surface area contributed by atoms with Gasteiger partial charge in [-0.25, -0.2) is 4.79 Å². The van der Waals surface area contributed by atoms with Crippen LogP contribution in [0.4, 0.5) is 28.1 Å². The minimum atomic E-state index is -1.19. The summed E-state index contributed by atoms with van der Waals surface area (Å²) in [7, 11) is 1.55. The summed E-state index contributed by atoms with van der Waals surface area (Å²) in [5, 5.41) is 23.4. The Bertz CT molecular complexity index is 1320. The number of carbonyl (C=O) groups is 3. The van der Waals surface area contributed by atoms with Gasteiger partial charge in [0.15, 0.2) is 0 Å². The van der Waals surface area contributed by atoms with Crippen LogP contribution in [0, 0.1) is 0 Å². The molecule has 37 heavy (non-hydrogen) atoms. The van der Waals surface area contributed by atoms with Crippen molar-refractivity contribution in [2.24, 2.45) is 0 Å². The largest absolute Gasteiger partial charge is 0.383 e. The summed E-state index contributed by atoms with van der Waals surface area (Å²) < 4.78 is 0.919. The molecule has 1 aliphatic rings. The summed E-state index contributed by atoms with van der Waals surface area (Å²) in [4.78, 5) is 42.0. The fourth-order valence-electron chi connectivity index (χ4n) is 4.13. The summed E-state index contributed by atoms with van der Waals surface area (Å²) in [5.41, 5.74) is 6.90. The molecule has 6 N–H and O–H groups in total. The van der Waals surface area contributed by atoms with Gasteiger partial charge >= 0.3 is 6.03 Å². The van der Waals surface area contributed by atoms with Crippen molar-refractivity contribution in [3.63, 3.8) is 0 Å². The van der Waals surface area contributed by atoms with E-state index in [0.29, 0.717) is 41.9 Å². The molecule has 0 bridgehead atoms. The van der Waals surface area contributed by atoms with Crippen molar-refractivity contribution < 1.29 is 19.5 Å². The Labute approximate surface area is 213 Å². The average Bonchev–Trinajstić information content (AvgIpc) is 3.28. The van der Waals surface area contributed by atoms with Crippen LogP contribution < -0.4 is 21.7 Å². The van der Waals surface area contributed by atoms with Crippen molar-refractivity contribution in [2.45, 2.75) is 18.4 Å². The second-order valence-electron chi connectivity index (χ2n) is 8.59. The van der Waals surface area contributed by atoms with E-state index in [4.69, 9.17) is 5.73 Å². The number of rotatable bonds is 6. The van der Waals surface area contributed by atoms with E-state index in [0.717, 1.165) is 4.68 Å². The van der Waals surface area contributed by atoms with Crippen LogP contribution in [-0.4, -0.2) is 62.8 Å². The molecule has 192 valence electrons. The highest BCUT2D eigenvalue weighted by Crippen LogP contribution is 2.32. The number of anilines is 4. The van der Waals surface area contributed by atoms with Crippen molar-refractivity contribution in [3.05, 3.63) is 72.3 Å². The number of benzene rings is 2. The number of nitrogens with two attached hydrogens (primary N) is 1. The summed E-state index contributed by atoms with van der Waals surface area (Å²) in [6.07, 6.45) is 2.42. The standard InChI is InChI=1S/C25H28N8O4/c1-3-20(34)32-14-4-13-25(37,15-32)17-7-11-19(12-8-17)29-24(36)33-22(26)30-23(31-33)28-18-9-5-16(6-10-18)21(35)27-2/h3,5-12,37H,1,4,13-15H2,2H3,(H,27,35)(H,29,36)(H3,26,28,30,31). The molecule has 12 nitrogen and oxygen atoms in total. The van der Waals surface area contributed by atoms with E-state index in [1.165, 1.54) is 6.08 Å². The van der Waals surface area contributed by atoms with Crippen LogP contribution in [0.5, 0.6) is 0 Å². The fraction of sp³-hybridized carbons (Fsp3) is 0.240. The Morgan fingerprint density at radius 2 is 1.78 bits per heavy atom. The molecule has 2 aromatic carbocycles. The number of aromatic nitrogens is 3. The van der Waals surface area contributed by atoms with Crippen LogP contribution in [0.2, 0.25) is 0 Å². The van der Waals surface area contributed by atoms with E-state index in [-0.39, 0.29) is 30.3 Å². The second-order valence-corrected chi connectivity index (χ2v) is 8.59. The number of carbonyl (C=O) groups excluding carboxylic acids is 3. The highest BCUT2D eigenvalue weighted by molar-refractivity contribution is 5.94. The normalized spacial score (nSPS) is 17.1. The van der Waals surface area contributed by atoms with Crippen molar-refractivity contribution >= 4 is 41.1 Å². The summed E-state index contributed by atoms with van der Waals surface area (Å²) in [6.45, 7) is 4.25. The summed E-state index contributed by atoms with van der Waals surface area (Å²) >= 11 is 0. The van der Waals surface area contributed by atoms with Crippen molar-refractivity contribution in [1.82, 2.24) is 25.0 Å². The molecular formula is C25H28N8O4. The van der Waals surface area contributed by atoms with Crippen molar-refractivity contribution in [3.8, 4) is 0 Å². The monoisotopic (exact) mass is 504 g/mol. The lowest BCUT2D eigenvalue weighted by Gasteiger charge is -2.39. The maximum Gasteiger partial charge on any atom is 0.349 e. The van der Waals surface area contributed by atoms with E-state index in [2.05, 4.69) is 32.6 Å². The lowest BCUT2D eigenvalue weighted by atomic mass is 9.85. The molecule has 1 unspecified atom stereocenters. The first-order valence-electron chi connectivity index (χ1n) is 11.6. The van der Waals surface area contributed by atoms with Gasteiger partial charge in [-0.3, -0.25) is 9.59 Å². The van der Waals surface area contributed by atoms with Gasteiger partial charge in [0.05, 0.1) is 6.54 Å². The van der Waals surface area contributed by atoms with E-state index < -0.39 is 11.6 Å². The molecule has 1 atom stereocenters. The third kappa shape index (κ3) is 5.59. The van der Waals surface area contributed by atoms with Gasteiger partial charge in [0, 0.05) is 30.5 Å². The number of aliphatic hydroxyl groups is 1. The van der Waals surface area contributed by atoms with E-state index in [9.17, 15) is 19.5 Å². The first-order valence-corrected chi connectivity index (χ1v) is 11.6. The van der Waals surface area contributed by atoms with E-state index in [1.807, 2.05) is 0 Å². The van der Waals surface area contributed by atoms with Crippen LogP contribution in [0.15, 0.2) is 61.2 Å². The minimum absolute atomic E-state index is 0.105. The van der Waals surface area contributed by atoms with E-state index >= 15 is 0 Å². The molecule has 1 saturated heterocycles. The number of hydrogen-bond donors (Lipinski definition) is 5. The number of hydrogen-bond acceptors (Lipinski definition) is 8. The van der Waals surface area contributed by atoms with Crippen LogP contribution in [-0.2, 0) is 10.4 Å². The summed E-state index contributed by atoms with van der Waals surface area (Å²) in [6, 6.07) is 12.7. The van der Waals surface area contributed by atoms with Gasteiger partial charge in [-0.2, -0.15) is 4.98 Å². The molecule has 12 heteroatoms. The minimum Gasteiger partial charge on any atom is -0.383 e. The van der Waals surface area contributed by atoms with Gasteiger partial charge in [-0.1, -0.05) is 18.7 Å². The van der Waals surface area contributed by atoms with Crippen molar-refractivity contribution in [2.75, 3.05) is 36.5 Å².